The molecule has 21 heavy (non-hydrogen) atoms. The van der Waals surface area contributed by atoms with E-state index in [9.17, 15) is 9.59 Å². The minimum Gasteiger partial charge on any atom is -0.342 e. The third kappa shape index (κ3) is 3.89. The zero-order chi connectivity index (χ0) is 15.2. The van der Waals surface area contributed by atoms with Crippen molar-refractivity contribution in [3.8, 4) is 0 Å². The number of hydrogen-bond acceptors (Lipinski definition) is 3. The van der Waals surface area contributed by atoms with Crippen molar-refractivity contribution in [3.63, 3.8) is 0 Å². The van der Waals surface area contributed by atoms with Crippen LogP contribution in [-0.2, 0) is 16.1 Å². The van der Waals surface area contributed by atoms with Gasteiger partial charge in [0.25, 0.3) is 0 Å². The Hall–Kier alpha value is -2.69. The van der Waals surface area contributed by atoms with Gasteiger partial charge in [0.05, 0.1) is 12.2 Å². The Bertz CT molecular complexity index is 654. The number of carbonyl (C=O) groups excluding carboxylic acids is 2. The molecule has 1 aromatic carbocycles. The van der Waals surface area contributed by atoms with E-state index in [1.807, 2.05) is 32.0 Å². The number of benzene rings is 1. The van der Waals surface area contributed by atoms with Gasteiger partial charge in [-0.05, 0) is 43.2 Å². The second-order valence-corrected chi connectivity index (χ2v) is 4.71. The molecule has 5 nitrogen and oxygen atoms in total. The van der Waals surface area contributed by atoms with E-state index in [2.05, 4.69) is 15.6 Å². The van der Waals surface area contributed by atoms with Crippen LogP contribution in [0.3, 0.4) is 0 Å². The molecule has 0 saturated carbocycles. The second-order valence-electron chi connectivity index (χ2n) is 4.71. The third-order valence-corrected chi connectivity index (χ3v) is 3.22. The van der Waals surface area contributed by atoms with Crippen molar-refractivity contribution in [2.45, 2.75) is 20.4 Å². The lowest BCUT2D eigenvalue weighted by Crippen LogP contribution is -2.35. The molecule has 0 fully saturated rings. The van der Waals surface area contributed by atoms with Gasteiger partial charge < -0.3 is 10.6 Å². The molecule has 0 radical (unpaired) electrons. The molecular formula is C16H17N3O2. The second kappa shape index (κ2) is 6.65. The van der Waals surface area contributed by atoms with Gasteiger partial charge in [0, 0.05) is 11.9 Å². The number of anilines is 1. The average molecular weight is 283 g/mol. The minimum atomic E-state index is -0.681. The number of hydrogen-bond donors (Lipinski definition) is 2. The fraction of sp³-hybridized carbons (Fsp3) is 0.188. The predicted octanol–water partition coefficient (Wildman–Crippen LogP) is 1.95. The molecule has 108 valence electrons. The summed E-state index contributed by atoms with van der Waals surface area (Å²) in [6, 6.07) is 11.0. The summed E-state index contributed by atoms with van der Waals surface area (Å²) in [5, 5.41) is 5.16. The predicted molar refractivity (Wildman–Crippen MR) is 80.6 cm³/mol. The average Bonchev–Trinajstić information content (AvgIpc) is 2.50. The van der Waals surface area contributed by atoms with Crippen LogP contribution in [0.1, 0.15) is 16.8 Å². The maximum atomic E-state index is 11.9. The van der Waals surface area contributed by atoms with Crippen molar-refractivity contribution in [3.05, 3.63) is 59.4 Å². The first kappa shape index (κ1) is 14.7. The first-order valence-electron chi connectivity index (χ1n) is 6.63. The molecule has 0 bridgehead atoms. The fourth-order valence-corrected chi connectivity index (χ4v) is 1.82. The van der Waals surface area contributed by atoms with Gasteiger partial charge in [-0.1, -0.05) is 18.2 Å². The Morgan fingerprint density at radius 3 is 2.57 bits per heavy atom. The lowest BCUT2D eigenvalue weighted by Gasteiger charge is -2.10. The highest BCUT2D eigenvalue weighted by molar-refractivity contribution is 6.39. The molecule has 0 spiro atoms. The van der Waals surface area contributed by atoms with Crippen LogP contribution in [0.5, 0.6) is 0 Å². The summed E-state index contributed by atoms with van der Waals surface area (Å²) in [6.07, 6.45) is 1.64. The van der Waals surface area contributed by atoms with Gasteiger partial charge in [-0.15, -0.1) is 0 Å². The van der Waals surface area contributed by atoms with Gasteiger partial charge in [0.15, 0.2) is 0 Å². The number of carbonyl (C=O) groups is 2. The van der Waals surface area contributed by atoms with E-state index in [-0.39, 0.29) is 6.54 Å². The Morgan fingerprint density at radius 1 is 1.05 bits per heavy atom. The fourth-order valence-electron chi connectivity index (χ4n) is 1.82. The van der Waals surface area contributed by atoms with E-state index in [0.717, 1.165) is 11.1 Å². The molecule has 0 aliphatic heterocycles. The van der Waals surface area contributed by atoms with Gasteiger partial charge in [-0.2, -0.15) is 0 Å². The van der Waals surface area contributed by atoms with Crippen LogP contribution in [0, 0.1) is 13.8 Å². The van der Waals surface area contributed by atoms with E-state index in [1.165, 1.54) is 0 Å². The van der Waals surface area contributed by atoms with Crippen molar-refractivity contribution < 1.29 is 9.59 Å². The Balaban J connectivity index is 1.94. The first-order chi connectivity index (χ1) is 10.1. The zero-order valence-electron chi connectivity index (χ0n) is 12.0. The third-order valence-electron chi connectivity index (χ3n) is 3.22. The van der Waals surface area contributed by atoms with E-state index in [0.29, 0.717) is 11.4 Å². The van der Waals surface area contributed by atoms with E-state index < -0.39 is 11.8 Å². The quantitative estimate of drug-likeness (QED) is 0.846. The summed E-state index contributed by atoms with van der Waals surface area (Å²) in [7, 11) is 0. The Labute approximate surface area is 123 Å². The summed E-state index contributed by atoms with van der Waals surface area (Å²) in [6.45, 7) is 4.07. The van der Waals surface area contributed by atoms with E-state index >= 15 is 0 Å². The van der Waals surface area contributed by atoms with Crippen molar-refractivity contribution in [2.75, 3.05) is 5.32 Å². The zero-order valence-corrected chi connectivity index (χ0v) is 12.0. The standard InChI is InChI=1S/C16H17N3O2/c1-11-6-5-8-14(12(11)2)19-16(21)15(20)18-10-13-7-3-4-9-17-13/h3-9H,10H2,1-2H3,(H,18,20)(H,19,21). The monoisotopic (exact) mass is 283 g/mol. The lowest BCUT2D eigenvalue weighted by atomic mass is 10.1. The number of nitrogens with zero attached hydrogens (tertiary/aromatic N) is 1. The number of aromatic nitrogens is 1. The van der Waals surface area contributed by atoms with E-state index in [1.54, 1.807) is 24.4 Å². The largest absolute Gasteiger partial charge is 0.342 e. The molecule has 1 aromatic heterocycles. The molecule has 2 N–H and O–H groups in total. The van der Waals surface area contributed by atoms with Crippen LogP contribution in [0.15, 0.2) is 42.6 Å². The normalized spacial score (nSPS) is 10.0. The van der Waals surface area contributed by atoms with Crippen LogP contribution in [-0.4, -0.2) is 16.8 Å². The van der Waals surface area contributed by atoms with Crippen LogP contribution >= 0.6 is 0 Å². The summed E-state index contributed by atoms with van der Waals surface area (Å²) in [4.78, 5) is 27.7. The topological polar surface area (TPSA) is 71.1 Å². The van der Waals surface area contributed by atoms with Gasteiger partial charge in [0.1, 0.15) is 0 Å². The van der Waals surface area contributed by atoms with Crippen LogP contribution in [0.4, 0.5) is 5.69 Å². The smallest absolute Gasteiger partial charge is 0.313 e. The highest BCUT2D eigenvalue weighted by Gasteiger charge is 2.14. The van der Waals surface area contributed by atoms with Crippen molar-refractivity contribution in [1.29, 1.82) is 0 Å². The SMILES string of the molecule is Cc1cccc(NC(=O)C(=O)NCc2ccccn2)c1C. The molecule has 2 amide bonds. The van der Waals surface area contributed by atoms with Crippen LogP contribution in [0.25, 0.3) is 0 Å². The van der Waals surface area contributed by atoms with E-state index in [4.69, 9.17) is 0 Å². The molecular weight excluding hydrogens is 266 g/mol. The number of rotatable bonds is 3. The van der Waals surface area contributed by atoms with Crippen LogP contribution in [0.2, 0.25) is 0 Å². The first-order valence-corrected chi connectivity index (χ1v) is 6.63. The number of nitrogens with one attached hydrogen (secondary N) is 2. The summed E-state index contributed by atoms with van der Waals surface area (Å²) < 4.78 is 0. The summed E-state index contributed by atoms with van der Waals surface area (Å²) >= 11 is 0. The van der Waals surface area contributed by atoms with Crippen molar-refractivity contribution >= 4 is 17.5 Å². The molecule has 0 saturated heterocycles. The summed E-state index contributed by atoms with van der Waals surface area (Å²) in [5.41, 5.74) is 3.35. The van der Waals surface area contributed by atoms with Gasteiger partial charge in [0.2, 0.25) is 0 Å². The molecule has 0 aliphatic carbocycles. The maximum absolute atomic E-state index is 11.9. The molecule has 0 unspecified atom stereocenters. The maximum Gasteiger partial charge on any atom is 0.313 e. The number of amides is 2. The number of pyridine rings is 1. The molecule has 2 rings (SSSR count). The molecule has 1 heterocycles. The van der Waals surface area contributed by atoms with Crippen LogP contribution < -0.4 is 10.6 Å². The lowest BCUT2D eigenvalue weighted by molar-refractivity contribution is -0.136. The molecule has 0 aliphatic rings. The van der Waals surface area contributed by atoms with Crippen molar-refractivity contribution in [1.82, 2.24) is 10.3 Å². The van der Waals surface area contributed by atoms with Gasteiger partial charge in [-0.3, -0.25) is 14.6 Å². The van der Waals surface area contributed by atoms with Crippen molar-refractivity contribution in [2.24, 2.45) is 0 Å². The molecule has 5 heteroatoms. The Morgan fingerprint density at radius 2 is 1.86 bits per heavy atom. The highest BCUT2D eigenvalue weighted by atomic mass is 16.2. The minimum absolute atomic E-state index is 0.222. The van der Waals surface area contributed by atoms with Gasteiger partial charge >= 0.3 is 11.8 Å². The molecule has 0 atom stereocenters. The van der Waals surface area contributed by atoms with Gasteiger partial charge in [-0.25, -0.2) is 0 Å². The summed E-state index contributed by atoms with van der Waals surface area (Å²) in [5.74, 6) is -1.36. The Kier molecular flexibility index (Phi) is 4.66. The number of aryl methyl sites for hydroxylation is 1. The highest BCUT2D eigenvalue weighted by Crippen LogP contribution is 2.17. The molecule has 2 aromatic rings.